The second-order valence-corrected chi connectivity index (χ2v) is 5.80. The van der Waals surface area contributed by atoms with Crippen molar-refractivity contribution in [2.45, 2.75) is 51.5 Å². The van der Waals surface area contributed by atoms with E-state index in [0.29, 0.717) is 18.5 Å². The highest BCUT2D eigenvalue weighted by molar-refractivity contribution is 14.0. The summed E-state index contributed by atoms with van der Waals surface area (Å²) in [6.45, 7) is 2.75. The Balaban J connectivity index is 0.00000242. The smallest absolute Gasteiger partial charge is 0.188 e. The number of rotatable bonds is 5. The van der Waals surface area contributed by atoms with Gasteiger partial charge in [0.1, 0.15) is 5.75 Å². The fraction of sp³-hybridized carbons (Fsp3) is 0.588. The Morgan fingerprint density at radius 1 is 1.32 bits per heavy atom. The molecule has 5 heteroatoms. The summed E-state index contributed by atoms with van der Waals surface area (Å²) in [6, 6.07) is 6.80. The summed E-state index contributed by atoms with van der Waals surface area (Å²) in [6.07, 6.45) is 7.26. The first-order valence-corrected chi connectivity index (χ1v) is 7.89. The van der Waals surface area contributed by atoms with Crippen molar-refractivity contribution in [3.8, 4) is 5.75 Å². The average Bonchev–Trinajstić information content (AvgIpc) is 2.50. The molecule has 1 aliphatic carbocycles. The summed E-state index contributed by atoms with van der Waals surface area (Å²) in [5.41, 5.74) is 8.35. The molecule has 0 spiro atoms. The fourth-order valence-electron chi connectivity index (χ4n) is 2.83. The van der Waals surface area contributed by atoms with Crippen LogP contribution in [0.2, 0.25) is 0 Å². The van der Waals surface area contributed by atoms with Crippen molar-refractivity contribution >= 4 is 29.9 Å². The van der Waals surface area contributed by atoms with E-state index in [9.17, 15) is 0 Å². The number of guanidine groups is 1. The molecule has 22 heavy (non-hydrogen) atoms. The van der Waals surface area contributed by atoms with Crippen molar-refractivity contribution in [1.82, 2.24) is 5.32 Å². The highest BCUT2D eigenvalue weighted by atomic mass is 127. The van der Waals surface area contributed by atoms with E-state index in [0.717, 1.165) is 17.7 Å². The van der Waals surface area contributed by atoms with E-state index < -0.39 is 0 Å². The minimum absolute atomic E-state index is 0. The van der Waals surface area contributed by atoms with Crippen molar-refractivity contribution in [1.29, 1.82) is 0 Å². The number of hydrogen-bond acceptors (Lipinski definition) is 2. The number of methoxy groups -OCH3 is 1. The first-order valence-electron chi connectivity index (χ1n) is 7.89. The van der Waals surface area contributed by atoms with Gasteiger partial charge in [-0.15, -0.1) is 24.0 Å². The van der Waals surface area contributed by atoms with Gasteiger partial charge in [-0.3, -0.25) is 4.99 Å². The molecule has 0 saturated heterocycles. The minimum atomic E-state index is 0. The lowest BCUT2D eigenvalue weighted by atomic mass is 9.96. The molecule has 0 radical (unpaired) electrons. The summed E-state index contributed by atoms with van der Waals surface area (Å²) in [5, 5.41) is 3.34. The van der Waals surface area contributed by atoms with Crippen LogP contribution in [0, 0.1) is 6.92 Å². The molecule has 0 atom stereocenters. The summed E-state index contributed by atoms with van der Waals surface area (Å²) in [4.78, 5) is 4.43. The zero-order chi connectivity index (χ0) is 15.1. The second kappa shape index (κ2) is 9.92. The third-order valence-corrected chi connectivity index (χ3v) is 4.11. The Bertz CT molecular complexity index is 485. The highest BCUT2D eigenvalue weighted by Crippen LogP contribution is 2.19. The predicted molar refractivity (Wildman–Crippen MR) is 103 cm³/mol. The maximum Gasteiger partial charge on any atom is 0.188 e. The van der Waals surface area contributed by atoms with Crippen molar-refractivity contribution in [2.24, 2.45) is 10.7 Å². The number of aliphatic imine (C=N–C) groups is 1. The third-order valence-electron chi connectivity index (χ3n) is 4.11. The zero-order valence-electron chi connectivity index (χ0n) is 13.6. The van der Waals surface area contributed by atoms with Crippen molar-refractivity contribution in [3.63, 3.8) is 0 Å². The van der Waals surface area contributed by atoms with Crippen LogP contribution in [0.5, 0.6) is 5.75 Å². The van der Waals surface area contributed by atoms with E-state index in [1.54, 1.807) is 7.11 Å². The van der Waals surface area contributed by atoms with Gasteiger partial charge in [-0.25, -0.2) is 0 Å². The number of ether oxygens (including phenoxy) is 1. The molecule has 0 heterocycles. The lowest BCUT2D eigenvalue weighted by Crippen LogP contribution is -2.41. The standard InChI is InChI=1S/C17H27N3O.HI/c1-13-8-9-14(12-16(13)21-2)10-11-19-17(18)20-15-6-4-3-5-7-15;/h8-9,12,15H,3-7,10-11H2,1-2H3,(H3,18,19,20);1H. The first-order chi connectivity index (χ1) is 10.2. The Labute approximate surface area is 150 Å². The molecule has 0 unspecified atom stereocenters. The quantitative estimate of drug-likeness (QED) is 0.439. The van der Waals surface area contributed by atoms with E-state index in [1.165, 1.54) is 37.7 Å². The van der Waals surface area contributed by atoms with Crippen molar-refractivity contribution in [3.05, 3.63) is 29.3 Å². The fourth-order valence-corrected chi connectivity index (χ4v) is 2.83. The van der Waals surface area contributed by atoms with Crippen LogP contribution < -0.4 is 15.8 Å². The lowest BCUT2D eigenvalue weighted by molar-refractivity contribution is 0.411. The zero-order valence-corrected chi connectivity index (χ0v) is 15.9. The molecule has 1 fully saturated rings. The monoisotopic (exact) mass is 417 g/mol. The number of nitrogens with two attached hydrogens (primary N) is 1. The predicted octanol–water partition coefficient (Wildman–Crippen LogP) is 3.40. The Morgan fingerprint density at radius 2 is 2.05 bits per heavy atom. The molecule has 3 N–H and O–H groups in total. The van der Waals surface area contributed by atoms with Gasteiger partial charge in [-0.05, 0) is 43.4 Å². The van der Waals surface area contributed by atoms with Gasteiger partial charge >= 0.3 is 0 Å². The maximum absolute atomic E-state index is 5.96. The Hall–Kier alpha value is -0.980. The summed E-state index contributed by atoms with van der Waals surface area (Å²) >= 11 is 0. The van der Waals surface area contributed by atoms with E-state index in [2.05, 4.69) is 28.5 Å². The number of aryl methyl sites for hydroxylation is 1. The van der Waals surface area contributed by atoms with Crippen LogP contribution >= 0.6 is 24.0 Å². The molecular weight excluding hydrogens is 389 g/mol. The van der Waals surface area contributed by atoms with Gasteiger partial charge in [0.05, 0.1) is 7.11 Å². The number of hydrogen-bond donors (Lipinski definition) is 2. The molecule has 1 aromatic rings. The van der Waals surface area contributed by atoms with Crippen LogP contribution in [-0.4, -0.2) is 25.7 Å². The van der Waals surface area contributed by atoms with Crippen molar-refractivity contribution < 1.29 is 4.74 Å². The van der Waals surface area contributed by atoms with E-state index in [1.807, 2.05) is 6.92 Å². The summed E-state index contributed by atoms with van der Waals surface area (Å²) in [7, 11) is 1.70. The third kappa shape index (κ3) is 6.02. The molecule has 0 amide bonds. The molecule has 0 aliphatic heterocycles. The average molecular weight is 417 g/mol. The molecule has 1 aliphatic rings. The van der Waals surface area contributed by atoms with Crippen LogP contribution in [0.3, 0.4) is 0 Å². The van der Waals surface area contributed by atoms with Gasteiger partial charge in [0.15, 0.2) is 5.96 Å². The molecule has 1 saturated carbocycles. The molecule has 124 valence electrons. The number of nitrogens with one attached hydrogen (secondary N) is 1. The van der Waals surface area contributed by atoms with Crippen LogP contribution in [0.4, 0.5) is 0 Å². The normalized spacial score (nSPS) is 16.0. The molecule has 4 nitrogen and oxygen atoms in total. The summed E-state index contributed by atoms with van der Waals surface area (Å²) < 4.78 is 5.34. The second-order valence-electron chi connectivity index (χ2n) is 5.80. The number of nitrogens with zero attached hydrogens (tertiary/aromatic N) is 1. The maximum atomic E-state index is 5.96. The van der Waals surface area contributed by atoms with E-state index in [4.69, 9.17) is 10.5 Å². The van der Waals surface area contributed by atoms with Crippen LogP contribution in [0.15, 0.2) is 23.2 Å². The topological polar surface area (TPSA) is 59.6 Å². The van der Waals surface area contributed by atoms with E-state index in [-0.39, 0.29) is 24.0 Å². The Morgan fingerprint density at radius 3 is 2.73 bits per heavy atom. The van der Waals surface area contributed by atoms with Gasteiger partial charge in [0.25, 0.3) is 0 Å². The molecule has 2 rings (SSSR count). The SMILES string of the molecule is COc1cc(CCN=C(N)NC2CCCCC2)ccc1C.I. The van der Waals surface area contributed by atoms with Crippen molar-refractivity contribution in [2.75, 3.05) is 13.7 Å². The van der Waals surface area contributed by atoms with Gasteiger partial charge in [-0.1, -0.05) is 31.4 Å². The van der Waals surface area contributed by atoms with Gasteiger partial charge in [0.2, 0.25) is 0 Å². The molecule has 0 bridgehead atoms. The first kappa shape index (κ1) is 19.1. The molecule has 1 aromatic carbocycles. The number of benzene rings is 1. The molecular formula is C17H28IN3O. The van der Waals surface area contributed by atoms with E-state index >= 15 is 0 Å². The van der Waals surface area contributed by atoms with Gasteiger partial charge < -0.3 is 15.8 Å². The highest BCUT2D eigenvalue weighted by Gasteiger charge is 2.13. The van der Waals surface area contributed by atoms with Crippen LogP contribution in [0.25, 0.3) is 0 Å². The van der Waals surface area contributed by atoms with Gasteiger partial charge in [0, 0.05) is 12.6 Å². The Kier molecular flexibility index (Phi) is 8.60. The largest absolute Gasteiger partial charge is 0.496 e. The molecule has 0 aromatic heterocycles. The van der Waals surface area contributed by atoms with Crippen LogP contribution in [-0.2, 0) is 6.42 Å². The van der Waals surface area contributed by atoms with Crippen LogP contribution in [0.1, 0.15) is 43.2 Å². The lowest BCUT2D eigenvalue weighted by Gasteiger charge is -2.23. The minimum Gasteiger partial charge on any atom is -0.496 e. The summed E-state index contributed by atoms with van der Waals surface area (Å²) in [5.74, 6) is 1.52. The van der Waals surface area contributed by atoms with Gasteiger partial charge in [-0.2, -0.15) is 0 Å². The number of halogens is 1.